The van der Waals surface area contributed by atoms with Gasteiger partial charge in [0.25, 0.3) is 0 Å². The van der Waals surface area contributed by atoms with Crippen LogP contribution in [0.25, 0.3) is 0 Å². The fourth-order valence-electron chi connectivity index (χ4n) is 4.26. The third-order valence-corrected chi connectivity index (χ3v) is 5.84. The Kier molecular flexibility index (Phi) is 4.71. The lowest BCUT2D eigenvalue weighted by atomic mass is 9.88. The van der Waals surface area contributed by atoms with Crippen molar-refractivity contribution in [2.24, 2.45) is 26.6 Å². The number of nitrogens with two attached hydrogens (primary N) is 1. The summed E-state index contributed by atoms with van der Waals surface area (Å²) >= 11 is 0. The second-order valence-corrected chi connectivity index (χ2v) is 7.77. The van der Waals surface area contributed by atoms with Gasteiger partial charge in [-0.2, -0.15) is 0 Å². The van der Waals surface area contributed by atoms with Crippen LogP contribution < -0.4 is 5.73 Å². The Morgan fingerprint density at radius 1 is 1.28 bits per heavy atom. The minimum atomic E-state index is -1.35. The molecule has 156 valence electrons. The molecule has 3 aliphatic heterocycles. The number of aliphatic hydroxyl groups excluding tert-OH is 3. The van der Waals surface area contributed by atoms with Crippen LogP contribution in [0.3, 0.4) is 0 Å². The van der Waals surface area contributed by atoms with Crippen LogP contribution in [-0.4, -0.2) is 80.5 Å². The maximum atomic E-state index is 10.9. The molecule has 0 spiro atoms. The average Bonchev–Trinajstić information content (AvgIpc) is 3.24. The van der Waals surface area contributed by atoms with Gasteiger partial charge in [0.05, 0.1) is 6.61 Å². The van der Waals surface area contributed by atoms with Gasteiger partial charge in [0.15, 0.2) is 17.2 Å². The normalized spacial score (nSPS) is 36.4. The highest BCUT2D eigenvalue weighted by Crippen LogP contribution is 2.43. The first-order valence-electron chi connectivity index (χ1n) is 9.43. The molecule has 10 nitrogen and oxygen atoms in total. The van der Waals surface area contributed by atoms with Gasteiger partial charge in [-0.25, -0.2) is 9.98 Å². The Morgan fingerprint density at radius 3 is 2.55 bits per heavy atom. The molecule has 5 atom stereocenters. The van der Waals surface area contributed by atoms with Crippen molar-refractivity contribution in [1.82, 2.24) is 4.90 Å². The fraction of sp³-hybridized carbons (Fsp3) is 0.526. The molecule has 1 aromatic rings. The molecule has 3 heterocycles. The number of aliphatic hydroxyl groups is 3. The zero-order chi connectivity index (χ0) is 21.0. The number of fused-ring (bicyclic) bond motifs is 1. The van der Waals surface area contributed by atoms with Crippen molar-refractivity contribution in [2.75, 3.05) is 13.3 Å². The summed E-state index contributed by atoms with van der Waals surface area (Å²) in [7, 11) is 0. The number of nitrogens with zero attached hydrogens (tertiary/aromatic N) is 4. The molecular formula is C19H25N5O5. The number of phenols is 1. The van der Waals surface area contributed by atoms with Crippen LogP contribution in [0.4, 0.5) is 0 Å². The lowest BCUT2D eigenvalue weighted by Crippen LogP contribution is -2.63. The first-order valence-corrected chi connectivity index (χ1v) is 9.43. The summed E-state index contributed by atoms with van der Waals surface area (Å²) in [4.78, 5) is 14.9. The van der Waals surface area contributed by atoms with Gasteiger partial charge in [-0.1, -0.05) is 26.0 Å². The SMILES string of the molecule is CC(C)[C@@]1(N2CN=C3C2=NC=NC3(N)c2ccc(O)cc2)O[C@H](CO)[C@@H](O)[C@H]1O. The zero-order valence-corrected chi connectivity index (χ0v) is 16.2. The zero-order valence-electron chi connectivity index (χ0n) is 16.2. The van der Waals surface area contributed by atoms with E-state index in [-0.39, 0.29) is 18.3 Å². The van der Waals surface area contributed by atoms with Crippen molar-refractivity contribution in [3.63, 3.8) is 0 Å². The lowest BCUT2D eigenvalue weighted by Gasteiger charge is -2.45. The molecule has 4 rings (SSSR count). The Balaban J connectivity index is 1.74. The fourth-order valence-corrected chi connectivity index (χ4v) is 4.26. The number of benzene rings is 1. The van der Waals surface area contributed by atoms with E-state index in [4.69, 9.17) is 10.5 Å². The summed E-state index contributed by atoms with van der Waals surface area (Å²) in [5.41, 5.74) is 4.93. The number of phenolic OH excluding ortho intramolecular Hbond substituents is 1. The van der Waals surface area contributed by atoms with E-state index in [1.807, 2.05) is 13.8 Å². The number of hydrogen-bond donors (Lipinski definition) is 5. The molecule has 3 aliphatic rings. The second kappa shape index (κ2) is 6.85. The molecule has 0 saturated carbocycles. The monoisotopic (exact) mass is 403 g/mol. The van der Waals surface area contributed by atoms with Crippen molar-refractivity contribution in [1.29, 1.82) is 0 Å². The second-order valence-electron chi connectivity index (χ2n) is 7.77. The van der Waals surface area contributed by atoms with E-state index in [9.17, 15) is 20.4 Å². The quantitative estimate of drug-likeness (QED) is 0.437. The molecule has 1 aromatic carbocycles. The van der Waals surface area contributed by atoms with Crippen LogP contribution in [-0.2, 0) is 10.4 Å². The maximum Gasteiger partial charge on any atom is 0.181 e. The third kappa shape index (κ3) is 2.71. The standard InChI is InChI=1S/C19H25N5O5/c1-10(2)19(16(28)14(27)13(7-25)29-19)24-9-22-15-17(24)21-8-23-18(15,20)11-3-5-12(26)6-4-11/h3-6,8,10,13-14,16,25-28H,7,9,20H2,1-2H3/t13-,14-,16-,18?,19-/m1/s1. The molecular weight excluding hydrogens is 378 g/mol. The first-order chi connectivity index (χ1) is 13.8. The molecule has 0 aliphatic carbocycles. The molecule has 0 amide bonds. The third-order valence-electron chi connectivity index (χ3n) is 5.84. The van der Waals surface area contributed by atoms with Gasteiger partial charge in [0, 0.05) is 11.5 Å². The van der Waals surface area contributed by atoms with Crippen molar-refractivity contribution < 1.29 is 25.2 Å². The van der Waals surface area contributed by atoms with Crippen molar-refractivity contribution in [3.05, 3.63) is 29.8 Å². The molecule has 0 aromatic heterocycles. The largest absolute Gasteiger partial charge is 0.508 e. The van der Waals surface area contributed by atoms with Crippen LogP contribution in [0.15, 0.2) is 39.2 Å². The van der Waals surface area contributed by atoms with Gasteiger partial charge >= 0.3 is 0 Å². The van der Waals surface area contributed by atoms with Crippen LogP contribution in [0, 0.1) is 5.92 Å². The molecule has 29 heavy (non-hydrogen) atoms. The molecule has 1 saturated heterocycles. The first kappa shape index (κ1) is 19.9. The Morgan fingerprint density at radius 2 is 1.97 bits per heavy atom. The average molecular weight is 403 g/mol. The minimum absolute atomic E-state index is 0.0919. The molecule has 0 bridgehead atoms. The van der Waals surface area contributed by atoms with E-state index in [0.29, 0.717) is 17.1 Å². The predicted octanol–water partition coefficient (Wildman–Crippen LogP) is -0.877. The Hall–Kier alpha value is -2.37. The van der Waals surface area contributed by atoms with E-state index in [0.717, 1.165) is 0 Å². The number of aromatic hydroxyl groups is 1. The summed E-state index contributed by atoms with van der Waals surface area (Å²) < 4.78 is 6.01. The summed E-state index contributed by atoms with van der Waals surface area (Å²) in [6, 6.07) is 6.34. The summed E-state index contributed by atoms with van der Waals surface area (Å²) in [6.45, 7) is 3.35. The number of amidine groups is 1. The van der Waals surface area contributed by atoms with Gasteiger partial charge in [0.2, 0.25) is 0 Å². The lowest BCUT2D eigenvalue weighted by molar-refractivity contribution is -0.186. The molecule has 0 radical (unpaired) electrons. The number of rotatable bonds is 4. The van der Waals surface area contributed by atoms with Gasteiger partial charge in [-0.05, 0) is 12.1 Å². The van der Waals surface area contributed by atoms with Gasteiger partial charge in [0.1, 0.15) is 42.8 Å². The van der Waals surface area contributed by atoms with Crippen LogP contribution in [0.5, 0.6) is 5.75 Å². The van der Waals surface area contributed by atoms with Crippen molar-refractivity contribution in [2.45, 2.75) is 43.5 Å². The van der Waals surface area contributed by atoms with E-state index in [2.05, 4.69) is 15.0 Å². The summed E-state index contributed by atoms with van der Waals surface area (Å²) in [5.74, 6) is 0.209. The van der Waals surface area contributed by atoms with Crippen LogP contribution >= 0.6 is 0 Å². The molecule has 6 N–H and O–H groups in total. The summed E-state index contributed by atoms with van der Waals surface area (Å²) in [5, 5.41) is 40.4. The van der Waals surface area contributed by atoms with E-state index in [1.54, 1.807) is 17.0 Å². The number of ether oxygens (including phenoxy) is 1. The van der Waals surface area contributed by atoms with Gasteiger partial charge < -0.3 is 30.1 Å². The molecule has 1 unspecified atom stereocenters. The Labute approximate surface area is 167 Å². The smallest absolute Gasteiger partial charge is 0.181 e. The van der Waals surface area contributed by atoms with Crippen molar-refractivity contribution >= 4 is 17.9 Å². The van der Waals surface area contributed by atoms with E-state index < -0.39 is 36.3 Å². The number of hydrogen-bond acceptors (Lipinski definition) is 10. The van der Waals surface area contributed by atoms with Crippen molar-refractivity contribution in [3.8, 4) is 5.75 Å². The van der Waals surface area contributed by atoms with E-state index >= 15 is 0 Å². The minimum Gasteiger partial charge on any atom is -0.508 e. The van der Waals surface area contributed by atoms with E-state index in [1.165, 1.54) is 18.5 Å². The predicted molar refractivity (Wildman–Crippen MR) is 106 cm³/mol. The Bertz CT molecular complexity index is 885. The molecule has 10 heteroatoms. The van der Waals surface area contributed by atoms with Crippen LogP contribution in [0.1, 0.15) is 19.4 Å². The maximum absolute atomic E-state index is 10.9. The topological polar surface area (TPSA) is 156 Å². The number of aliphatic imine (C=N–C) groups is 3. The summed E-state index contributed by atoms with van der Waals surface area (Å²) in [6.07, 6.45) is -2.16. The highest BCUT2D eigenvalue weighted by atomic mass is 16.6. The van der Waals surface area contributed by atoms with Crippen LogP contribution in [0.2, 0.25) is 0 Å². The highest BCUT2D eigenvalue weighted by Gasteiger charge is 2.62. The van der Waals surface area contributed by atoms with Gasteiger partial charge in [-0.15, -0.1) is 0 Å². The van der Waals surface area contributed by atoms with Gasteiger partial charge in [-0.3, -0.25) is 10.7 Å². The highest BCUT2D eigenvalue weighted by molar-refractivity contribution is 6.47. The molecule has 1 fully saturated rings.